The summed E-state index contributed by atoms with van der Waals surface area (Å²) in [6.45, 7) is 8.47. The van der Waals surface area contributed by atoms with Gasteiger partial charge in [-0.25, -0.2) is 0 Å². The highest BCUT2D eigenvalue weighted by Gasteiger charge is 2.34. The highest BCUT2D eigenvalue weighted by atomic mass is 16.5. The van der Waals surface area contributed by atoms with Gasteiger partial charge in [0.1, 0.15) is 11.4 Å². The molecule has 28 heavy (non-hydrogen) atoms. The summed E-state index contributed by atoms with van der Waals surface area (Å²) >= 11 is 0. The molecule has 154 valence electrons. The minimum Gasteiger partial charge on any atom is -0.487 e. The van der Waals surface area contributed by atoms with E-state index >= 15 is 0 Å². The number of benzene rings is 1. The number of amides is 1. The molecule has 0 radical (unpaired) electrons. The number of carbonyl (C=O) groups excluding carboxylic acids is 1. The van der Waals surface area contributed by atoms with Crippen LogP contribution in [0.2, 0.25) is 0 Å². The molecule has 2 aliphatic rings. The van der Waals surface area contributed by atoms with Crippen molar-refractivity contribution in [3.63, 3.8) is 0 Å². The first-order valence-electron chi connectivity index (χ1n) is 10.6. The van der Waals surface area contributed by atoms with Gasteiger partial charge in [0.2, 0.25) is 5.91 Å². The van der Waals surface area contributed by atoms with Gasteiger partial charge in [-0.3, -0.25) is 9.79 Å². The second-order valence-electron chi connectivity index (χ2n) is 8.33. The van der Waals surface area contributed by atoms with Crippen LogP contribution in [-0.4, -0.2) is 37.1 Å². The van der Waals surface area contributed by atoms with Crippen molar-refractivity contribution >= 4 is 11.9 Å². The van der Waals surface area contributed by atoms with Gasteiger partial charge in [-0.2, -0.15) is 0 Å². The number of carbonyl (C=O) groups is 1. The zero-order valence-corrected chi connectivity index (χ0v) is 17.4. The number of rotatable bonds is 7. The SMILES string of the molecule is CCNC(=NCCCNC(=O)C1CCC1)NC1CC(C)(C)Oc2ccccc21. The molecule has 6 heteroatoms. The molecular formula is C22H34N4O2. The van der Waals surface area contributed by atoms with E-state index in [1.165, 1.54) is 12.0 Å². The molecule has 0 bridgehead atoms. The van der Waals surface area contributed by atoms with Crippen molar-refractivity contribution in [2.75, 3.05) is 19.6 Å². The molecule has 1 saturated carbocycles. The van der Waals surface area contributed by atoms with Crippen molar-refractivity contribution in [1.29, 1.82) is 0 Å². The van der Waals surface area contributed by atoms with E-state index < -0.39 is 0 Å². The molecule has 0 saturated heterocycles. The van der Waals surface area contributed by atoms with Crippen LogP contribution in [0.4, 0.5) is 0 Å². The lowest BCUT2D eigenvalue weighted by Crippen LogP contribution is -2.45. The molecule has 1 heterocycles. The summed E-state index contributed by atoms with van der Waals surface area (Å²) in [5, 5.41) is 9.94. The molecule has 1 unspecified atom stereocenters. The van der Waals surface area contributed by atoms with E-state index in [1.807, 2.05) is 18.2 Å². The third-order valence-electron chi connectivity index (χ3n) is 5.41. The summed E-state index contributed by atoms with van der Waals surface area (Å²) in [5.74, 6) is 2.21. The van der Waals surface area contributed by atoms with Crippen LogP contribution in [0, 0.1) is 5.92 Å². The Kier molecular flexibility index (Phi) is 6.81. The van der Waals surface area contributed by atoms with Gasteiger partial charge in [0.05, 0.1) is 6.04 Å². The van der Waals surface area contributed by atoms with Crippen LogP contribution in [0.1, 0.15) is 64.5 Å². The lowest BCUT2D eigenvalue weighted by atomic mass is 9.85. The van der Waals surface area contributed by atoms with Crippen molar-refractivity contribution in [3.05, 3.63) is 29.8 Å². The van der Waals surface area contributed by atoms with Crippen molar-refractivity contribution in [1.82, 2.24) is 16.0 Å². The number of nitrogens with zero attached hydrogens (tertiary/aromatic N) is 1. The van der Waals surface area contributed by atoms with E-state index in [-0.39, 0.29) is 23.5 Å². The van der Waals surface area contributed by atoms with Gasteiger partial charge < -0.3 is 20.7 Å². The fourth-order valence-corrected chi connectivity index (χ4v) is 3.71. The van der Waals surface area contributed by atoms with Crippen LogP contribution >= 0.6 is 0 Å². The second kappa shape index (κ2) is 9.30. The maximum atomic E-state index is 11.9. The summed E-state index contributed by atoms with van der Waals surface area (Å²) < 4.78 is 6.12. The first-order valence-corrected chi connectivity index (χ1v) is 10.6. The molecule has 3 N–H and O–H groups in total. The van der Waals surface area contributed by atoms with Crippen LogP contribution < -0.4 is 20.7 Å². The predicted octanol–water partition coefficient (Wildman–Crippen LogP) is 3.15. The summed E-state index contributed by atoms with van der Waals surface area (Å²) in [6, 6.07) is 8.34. The Morgan fingerprint density at radius 1 is 1.25 bits per heavy atom. The van der Waals surface area contributed by atoms with E-state index in [2.05, 4.69) is 42.8 Å². The molecule has 6 nitrogen and oxygen atoms in total. The van der Waals surface area contributed by atoms with E-state index in [4.69, 9.17) is 9.73 Å². The molecule has 1 atom stereocenters. The van der Waals surface area contributed by atoms with Crippen LogP contribution in [-0.2, 0) is 4.79 Å². The minimum absolute atomic E-state index is 0.149. The molecule has 3 rings (SSSR count). The van der Waals surface area contributed by atoms with E-state index in [0.717, 1.165) is 43.9 Å². The average molecular weight is 387 g/mol. The number of fused-ring (bicyclic) bond motifs is 1. The third-order valence-corrected chi connectivity index (χ3v) is 5.41. The quantitative estimate of drug-likeness (QED) is 0.382. The molecule has 1 fully saturated rings. The Bertz CT molecular complexity index is 698. The smallest absolute Gasteiger partial charge is 0.223 e. The second-order valence-corrected chi connectivity index (χ2v) is 8.33. The van der Waals surface area contributed by atoms with Gasteiger partial charge >= 0.3 is 0 Å². The van der Waals surface area contributed by atoms with Crippen LogP contribution in [0.25, 0.3) is 0 Å². The van der Waals surface area contributed by atoms with Gasteiger partial charge in [0, 0.05) is 37.5 Å². The van der Waals surface area contributed by atoms with Crippen LogP contribution in [0.5, 0.6) is 5.75 Å². The van der Waals surface area contributed by atoms with Gasteiger partial charge in [-0.15, -0.1) is 0 Å². The van der Waals surface area contributed by atoms with Gasteiger partial charge in [-0.1, -0.05) is 24.6 Å². The number of hydrogen-bond donors (Lipinski definition) is 3. The predicted molar refractivity (Wildman–Crippen MR) is 113 cm³/mol. The molecule has 0 spiro atoms. The van der Waals surface area contributed by atoms with Crippen molar-refractivity contribution in [3.8, 4) is 5.75 Å². The molecule has 1 aromatic rings. The number of ether oxygens (including phenoxy) is 1. The fraction of sp³-hybridized carbons (Fsp3) is 0.636. The highest BCUT2D eigenvalue weighted by Crippen LogP contribution is 2.39. The summed E-state index contributed by atoms with van der Waals surface area (Å²) in [7, 11) is 0. The summed E-state index contributed by atoms with van der Waals surface area (Å²) in [4.78, 5) is 16.6. The highest BCUT2D eigenvalue weighted by molar-refractivity contribution is 5.80. The minimum atomic E-state index is -0.227. The third kappa shape index (κ3) is 5.40. The first-order chi connectivity index (χ1) is 13.5. The van der Waals surface area contributed by atoms with E-state index in [9.17, 15) is 4.79 Å². The lowest BCUT2D eigenvalue weighted by molar-refractivity contribution is -0.127. The summed E-state index contributed by atoms with van der Waals surface area (Å²) in [5.41, 5.74) is 0.940. The van der Waals surface area contributed by atoms with E-state index in [1.54, 1.807) is 0 Å². The maximum absolute atomic E-state index is 11.9. The molecule has 0 aromatic heterocycles. The Hall–Kier alpha value is -2.24. The Morgan fingerprint density at radius 2 is 2.04 bits per heavy atom. The Balaban J connectivity index is 1.54. The topological polar surface area (TPSA) is 74.8 Å². The number of guanidine groups is 1. The Labute approximate surface area is 168 Å². The van der Waals surface area contributed by atoms with Crippen molar-refractivity contribution < 1.29 is 9.53 Å². The molecule has 1 aliphatic carbocycles. The van der Waals surface area contributed by atoms with Crippen LogP contribution in [0.15, 0.2) is 29.3 Å². The number of nitrogens with one attached hydrogen (secondary N) is 3. The molecule has 1 amide bonds. The molecular weight excluding hydrogens is 352 g/mol. The fourth-order valence-electron chi connectivity index (χ4n) is 3.71. The normalized spacial score (nSPS) is 21.1. The van der Waals surface area contributed by atoms with Crippen molar-refractivity contribution in [2.45, 2.75) is 64.5 Å². The van der Waals surface area contributed by atoms with Crippen LogP contribution in [0.3, 0.4) is 0 Å². The van der Waals surface area contributed by atoms with Crippen molar-refractivity contribution in [2.24, 2.45) is 10.9 Å². The molecule has 1 aromatic carbocycles. The monoisotopic (exact) mass is 386 g/mol. The number of hydrogen-bond acceptors (Lipinski definition) is 3. The number of aliphatic imine (C=N–C) groups is 1. The summed E-state index contributed by atoms with van der Waals surface area (Å²) in [6.07, 6.45) is 4.98. The lowest BCUT2D eigenvalue weighted by Gasteiger charge is -2.38. The van der Waals surface area contributed by atoms with Gasteiger partial charge in [0.25, 0.3) is 0 Å². The maximum Gasteiger partial charge on any atom is 0.223 e. The standard InChI is InChI=1S/C22H34N4O2/c1-4-23-21(25-14-8-13-24-20(27)16-9-7-10-16)26-18-15-22(2,3)28-19-12-6-5-11-17(18)19/h5-6,11-12,16,18H,4,7-10,13-15H2,1-3H3,(H,24,27)(H2,23,25,26). The van der Waals surface area contributed by atoms with Gasteiger partial charge in [0.15, 0.2) is 5.96 Å². The Morgan fingerprint density at radius 3 is 2.75 bits per heavy atom. The number of para-hydroxylation sites is 1. The molecule has 1 aliphatic heterocycles. The average Bonchev–Trinajstić information content (AvgIpc) is 2.59. The zero-order chi connectivity index (χ0) is 20.0. The van der Waals surface area contributed by atoms with E-state index in [0.29, 0.717) is 13.1 Å². The largest absolute Gasteiger partial charge is 0.487 e. The van der Waals surface area contributed by atoms with Gasteiger partial charge in [-0.05, 0) is 46.1 Å². The zero-order valence-electron chi connectivity index (χ0n) is 17.4. The first kappa shape index (κ1) is 20.5.